The summed E-state index contributed by atoms with van der Waals surface area (Å²) in [5.74, 6) is -1.30. The molecule has 1 aromatic carbocycles. The molecule has 4 nitrogen and oxygen atoms in total. The van der Waals surface area contributed by atoms with E-state index in [0.29, 0.717) is 13.0 Å². The summed E-state index contributed by atoms with van der Waals surface area (Å²) < 4.78 is 23.8. The lowest BCUT2D eigenvalue weighted by atomic mass is 10.1. The van der Waals surface area contributed by atoms with Crippen LogP contribution in [0.3, 0.4) is 0 Å². The van der Waals surface area contributed by atoms with E-state index in [0.717, 1.165) is 12.8 Å². The maximum absolute atomic E-state index is 13.6. The van der Waals surface area contributed by atoms with Crippen LogP contribution >= 0.6 is 11.6 Å². The zero-order chi connectivity index (χ0) is 21.3. The van der Waals surface area contributed by atoms with E-state index >= 15 is 0 Å². The Kier molecular flexibility index (Phi) is 14.2. The number of benzene rings is 1. The van der Waals surface area contributed by atoms with Gasteiger partial charge in [-0.2, -0.15) is 0 Å². The second kappa shape index (κ2) is 16.2. The monoisotopic (exact) mass is 428 g/mol. The molecule has 0 saturated heterocycles. The predicted octanol–water partition coefficient (Wildman–Crippen LogP) is 6.77. The van der Waals surface area contributed by atoms with E-state index in [1.807, 2.05) is 0 Å². The predicted molar refractivity (Wildman–Crippen MR) is 113 cm³/mol. The summed E-state index contributed by atoms with van der Waals surface area (Å²) in [6, 6.07) is 4.29. The molecule has 0 spiro atoms. The number of hydrogen-bond acceptors (Lipinski definition) is 4. The van der Waals surface area contributed by atoms with Crippen molar-refractivity contribution >= 4 is 23.5 Å². The number of rotatable bonds is 16. The molecule has 0 bridgehead atoms. The largest absolute Gasteiger partial charge is 0.466 e. The molecular weight excluding hydrogens is 395 g/mol. The fourth-order valence-electron chi connectivity index (χ4n) is 2.94. The first kappa shape index (κ1) is 25.4. The zero-order valence-electron chi connectivity index (χ0n) is 17.5. The summed E-state index contributed by atoms with van der Waals surface area (Å²) in [4.78, 5) is 23.4. The Morgan fingerprint density at radius 2 is 1.45 bits per heavy atom. The van der Waals surface area contributed by atoms with Crippen LogP contribution in [0.2, 0.25) is 5.02 Å². The summed E-state index contributed by atoms with van der Waals surface area (Å²) in [6.45, 7) is 2.44. The normalized spacial score (nSPS) is 10.7. The lowest BCUT2D eigenvalue weighted by molar-refractivity contribution is -0.146. The van der Waals surface area contributed by atoms with E-state index in [1.54, 1.807) is 0 Å². The van der Waals surface area contributed by atoms with Crippen molar-refractivity contribution in [1.29, 1.82) is 0 Å². The maximum atomic E-state index is 13.6. The number of halogens is 2. The number of esters is 2. The third-order valence-corrected chi connectivity index (χ3v) is 5.07. The Labute approximate surface area is 179 Å². The van der Waals surface area contributed by atoms with Gasteiger partial charge in [0.1, 0.15) is 12.4 Å². The highest BCUT2D eigenvalue weighted by Gasteiger charge is 2.11. The van der Waals surface area contributed by atoms with Gasteiger partial charge in [0.15, 0.2) is 0 Å². The Balaban J connectivity index is 1.98. The summed E-state index contributed by atoms with van der Waals surface area (Å²) in [5, 5.41) is 0.220. The van der Waals surface area contributed by atoms with Gasteiger partial charge in [0.2, 0.25) is 0 Å². The quantitative estimate of drug-likeness (QED) is 0.215. The minimum atomic E-state index is -0.509. The number of hydrogen-bond donors (Lipinski definition) is 0. The van der Waals surface area contributed by atoms with Crippen LogP contribution in [0.1, 0.15) is 89.5 Å². The van der Waals surface area contributed by atoms with Crippen LogP contribution in [0.4, 0.5) is 4.39 Å². The van der Waals surface area contributed by atoms with Gasteiger partial charge in [0.05, 0.1) is 11.6 Å². The van der Waals surface area contributed by atoms with E-state index in [-0.39, 0.29) is 36.0 Å². The van der Waals surface area contributed by atoms with Gasteiger partial charge < -0.3 is 9.47 Å². The second-order valence-corrected chi connectivity index (χ2v) is 7.67. The standard InChI is InChI=1S/C23H34ClFO4/c1-2-3-4-5-6-7-8-9-10-17-28-22(26)15-12-16-23(27)29-18-19-20(24)13-11-14-21(19)25/h11,13-14H,2-10,12,15-18H2,1H3. The molecular formula is C23H34ClFO4. The number of ether oxygens (including phenoxy) is 2. The van der Waals surface area contributed by atoms with Crippen molar-refractivity contribution in [2.24, 2.45) is 0 Å². The van der Waals surface area contributed by atoms with Crippen LogP contribution in [0.15, 0.2) is 18.2 Å². The molecule has 0 saturated carbocycles. The van der Waals surface area contributed by atoms with E-state index in [9.17, 15) is 14.0 Å². The van der Waals surface area contributed by atoms with E-state index < -0.39 is 11.8 Å². The molecule has 0 aliphatic carbocycles. The first-order valence-corrected chi connectivity index (χ1v) is 11.2. The Morgan fingerprint density at radius 1 is 0.862 bits per heavy atom. The number of carbonyl (C=O) groups is 2. The van der Waals surface area contributed by atoms with Gasteiger partial charge in [-0.05, 0) is 25.0 Å². The highest BCUT2D eigenvalue weighted by atomic mass is 35.5. The van der Waals surface area contributed by atoms with Gasteiger partial charge >= 0.3 is 11.9 Å². The molecule has 0 aromatic heterocycles. The average molecular weight is 429 g/mol. The molecule has 29 heavy (non-hydrogen) atoms. The van der Waals surface area contributed by atoms with Crippen molar-refractivity contribution < 1.29 is 23.5 Å². The molecule has 0 fully saturated rings. The van der Waals surface area contributed by atoms with Gasteiger partial charge in [0, 0.05) is 18.4 Å². The Morgan fingerprint density at radius 3 is 2.07 bits per heavy atom. The van der Waals surface area contributed by atoms with Crippen LogP contribution in [-0.4, -0.2) is 18.5 Å². The minimum absolute atomic E-state index is 0.0825. The van der Waals surface area contributed by atoms with Crippen molar-refractivity contribution in [3.63, 3.8) is 0 Å². The molecule has 0 unspecified atom stereocenters. The molecule has 0 amide bonds. The molecule has 0 heterocycles. The van der Waals surface area contributed by atoms with Crippen molar-refractivity contribution in [2.45, 2.75) is 90.6 Å². The third kappa shape index (κ3) is 12.5. The molecule has 0 aliphatic rings. The summed E-state index contributed by atoms with van der Waals surface area (Å²) in [6.07, 6.45) is 11.5. The van der Waals surface area contributed by atoms with Crippen molar-refractivity contribution in [2.75, 3.05) is 6.61 Å². The molecule has 0 radical (unpaired) electrons. The lowest BCUT2D eigenvalue weighted by Crippen LogP contribution is -2.09. The van der Waals surface area contributed by atoms with Gasteiger partial charge in [-0.1, -0.05) is 76.0 Å². The van der Waals surface area contributed by atoms with Crippen LogP contribution in [0.5, 0.6) is 0 Å². The topological polar surface area (TPSA) is 52.6 Å². The van der Waals surface area contributed by atoms with Crippen molar-refractivity contribution in [1.82, 2.24) is 0 Å². The first-order valence-electron chi connectivity index (χ1n) is 10.8. The van der Waals surface area contributed by atoms with Gasteiger partial charge in [-0.15, -0.1) is 0 Å². The van der Waals surface area contributed by atoms with E-state index in [2.05, 4.69) is 6.92 Å². The minimum Gasteiger partial charge on any atom is -0.466 e. The molecule has 0 atom stereocenters. The first-order chi connectivity index (χ1) is 14.0. The van der Waals surface area contributed by atoms with Crippen molar-refractivity contribution in [3.05, 3.63) is 34.6 Å². The van der Waals surface area contributed by atoms with Gasteiger partial charge in [-0.25, -0.2) is 4.39 Å². The van der Waals surface area contributed by atoms with Gasteiger partial charge in [0.25, 0.3) is 0 Å². The molecule has 164 valence electrons. The fourth-order valence-corrected chi connectivity index (χ4v) is 3.16. The smallest absolute Gasteiger partial charge is 0.306 e. The SMILES string of the molecule is CCCCCCCCCCCOC(=O)CCCC(=O)OCc1c(F)cccc1Cl. The van der Waals surface area contributed by atoms with Crippen LogP contribution in [0, 0.1) is 5.82 Å². The Hall–Kier alpha value is -1.62. The Bertz CT molecular complexity index is 586. The van der Waals surface area contributed by atoms with E-state index in [4.69, 9.17) is 21.1 Å². The summed E-state index contributed by atoms with van der Waals surface area (Å²) in [7, 11) is 0. The van der Waals surface area contributed by atoms with Gasteiger partial charge in [-0.3, -0.25) is 9.59 Å². The van der Waals surface area contributed by atoms with Crippen molar-refractivity contribution in [3.8, 4) is 0 Å². The number of unbranched alkanes of at least 4 members (excludes halogenated alkanes) is 8. The maximum Gasteiger partial charge on any atom is 0.306 e. The fraction of sp³-hybridized carbons (Fsp3) is 0.652. The second-order valence-electron chi connectivity index (χ2n) is 7.26. The average Bonchev–Trinajstić information content (AvgIpc) is 2.69. The lowest BCUT2D eigenvalue weighted by Gasteiger charge is -2.08. The number of carbonyl (C=O) groups excluding carboxylic acids is 2. The molecule has 6 heteroatoms. The highest BCUT2D eigenvalue weighted by molar-refractivity contribution is 6.31. The van der Waals surface area contributed by atoms with Crippen LogP contribution < -0.4 is 0 Å². The molecule has 0 N–H and O–H groups in total. The summed E-state index contributed by atoms with van der Waals surface area (Å²) in [5.41, 5.74) is 0.155. The third-order valence-electron chi connectivity index (χ3n) is 4.71. The molecule has 1 aromatic rings. The molecule has 0 aliphatic heterocycles. The molecule has 1 rings (SSSR count). The van der Waals surface area contributed by atoms with Crippen LogP contribution in [0.25, 0.3) is 0 Å². The van der Waals surface area contributed by atoms with Crippen LogP contribution in [-0.2, 0) is 25.7 Å². The highest BCUT2D eigenvalue weighted by Crippen LogP contribution is 2.20. The zero-order valence-corrected chi connectivity index (χ0v) is 18.3. The van der Waals surface area contributed by atoms with E-state index in [1.165, 1.54) is 63.1 Å². The summed E-state index contributed by atoms with van der Waals surface area (Å²) >= 11 is 5.88.